The summed E-state index contributed by atoms with van der Waals surface area (Å²) < 4.78 is 36.8. The van der Waals surface area contributed by atoms with Crippen molar-refractivity contribution in [1.82, 2.24) is 4.72 Å². The van der Waals surface area contributed by atoms with E-state index in [4.69, 9.17) is 9.15 Å². The summed E-state index contributed by atoms with van der Waals surface area (Å²) in [5.41, 5.74) is 0.996. The summed E-state index contributed by atoms with van der Waals surface area (Å²) in [7, 11) is -3.68. The standard InChI is InChI=1S/C16H17NO5S/c1-12(2)11-22-16(18)13-5-7-15(8-6-13)23(19,20)17-10-14-4-3-9-21-14/h3-9,17H,1,10-11H2,2H3. The van der Waals surface area contributed by atoms with Crippen molar-refractivity contribution in [2.75, 3.05) is 6.61 Å². The zero-order valence-electron chi connectivity index (χ0n) is 12.6. The van der Waals surface area contributed by atoms with Gasteiger partial charge in [0.15, 0.2) is 0 Å². The van der Waals surface area contributed by atoms with Crippen molar-refractivity contribution < 1.29 is 22.4 Å². The molecule has 1 heterocycles. The molecule has 1 aromatic heterocycles. The average Bonchev–Trinajstić information content (AvgIpc) is 3.04. The molecule has 1 aromatic carbocycles. The van der Waals surface area contributed by atoms with Gasteiger partial charge in [-0.2, -0.15) is 0 Å². The van der Waals surface area contributed by atoms with E-state index < -0.39 is 16.0 Å². The van der Waals surface area contributed by atoms with Gasteiger partial charge in [-0.25, -0.2) is 17.9 Å². The van der Waals surface area contributed by atoms with Crippen LogP contribution in [-0.2, 0) is 21.3 Å². The molecule has 0 unspecified atom stereocenters. The lowest BCUT2D eigenvalue weighted by Crippen LogP contribution is -2.23. The quantitative estimate of drug-likeness (QED) is 0.620. The fourth-order valence-electron chi connectivity index (χ4n) is 1.70. The zero-order chi connectivity index (χ0) is 16.9. The molecule has 0 saturated carbocycles. The highest BCUT2D eigenvalue weighted by Gasteiger charge is 2.15. The largest absolute Gasteiger partial charge is 0.468 e. The van der Waals surface area contributed by atoms with Gasteiger partial charge in [0.1, 0.15) is 12.4 Å². The third kappa shape index (κ3) is 4.80. The summed E-state index contributed by atoms with van der Waals surface area (Å²) in [5.74, 6) is -0.0194. The number of benzene rings is 1. The lowest BCUT2D eigenvalue weighted by molar-refractivity contribution is 0.0540. The minimum absolute atomic E-state index is 0.0533. The summed E-state index contributed by atoms with van der Waals surface area (Å²) in [6, 6.07) is 8.85. The Morgan fingerprint density at radius 1 is 1.26 bits per heavy atom. The van der Waals surface area contributed by atoms with Crippen molar-refractivity contribution in [3.63, 3.8) is 0 Å². The smallest absolute Gasteiger partial charge is 0.338 e. The number of hydrogen-bond donors (Lipinski definition) is 1. The maximum Gasteiger partial charge on any atom is 0.338 e. The molecule has 2 aromatic rings. The van der Waals surface area contributed by atoms with Crippen LogP contribution < -0.4 is 4.72 Å². The molecule has 0 spiro atoms. The number of furan rings is 1. The third-order valence-corrected chi connectivity index (χ3v) is 4.28. The highest BCUT2D eigenvalue weighted by atomic mass is 32.2. The number of hydrogen-bond acceptors (Lipinski definition) is 5. The van der Waals surface area contributed by atoms with Crippen LogP contribution in [0, 0.1) is 0 Å². The van der Waals surface area contributed by atoms with Crippen LogP contribution in [0.4, 0.5) is 0 Å². The van der Waals surface area contributed by atoms with Gasteiger partial charge in [0.2, 0.25) is 10.0 Å². The van der Waals surface area contributed by atoms with Gasteiger partial charge in [0.05, 0.1) is 23.3 Å². The minimum atomic E-state index is -3.68. The van der Waals surface area contributed by atoms with E-state index in [1.807, 2.05) is 0 Å². The molecule has 0 amide bonds. The van der Waals surface area contributed by atoms with Gasteiger partial charge in [0.25, 0.3) is 0 Å². The molecule has 7 heteroatoms. The Hall–Kier alpha value is -2.38. The van der Waals surface area contributed by atoms with Gasteiger partial charge in [-0.3, -0.25) is 0 Å². The Balaban J connectivity index is 2.02. The van der Waals surface area contributed by atoms with Crippen LogP contribution in [0.3, 0.4) is 0 Å². The molecule has 0 aliphatic rings. The van der Waals surface area contributed by atoms with Crippen molar-refractivity contribution in [3.8, 4) is 0 Å². The molecule has 1 N–H and O–H groups in total. The molecule has 6 nitrogen and oxygen atoms in total. The SMILES string of the molecule is C=C(C)COC(=O)c1ccc(S(=O)(=O)NCc2ccco2)cc1. The monoisotopic (exact) mass is 335 g/mol. The number of carbonyl (C=O) groups excluding carboxylic acids is 1. The van der Waals surface area contributed by atoms with Crippen molar-refractivity contribution in [2.45, 2.75) is 18.4 Å². The van der Waals surface area contributed by atoms with Gasteiger partial charge < -0.3 is 9.15 Å². The van der Waals surface area contributed by atoms with Crippen molar-refractivity contribution >= 4 is 16.0 Å². The molecular formula is C16H17NO5S. The molecule has 23 heavy (non-hydrogen) atoms. The molecule has 0 aliphatic heterocycles. The van der Waals surface area contributed by atoms with Gasteiger partial charge >= 0.3 is 5.97 Å². The summed E-state index contributed by atoms with van der Waals surface area (Å²) in [6.07, 6.45) is 1.47. The van der Waals surface area contributed by atoms with Crippen LogP contribution in [-0.4, -0.2) is 21.0 Å². The van der Waals surface area contributed by atoms with E-state index in [2.05, 4.69) is 11.3 Å². The Morgan fingerprint density at radius 3 is 2.52 bits per heavy atom. The molecule has 0 bridgehead atoms. The summed E-state index contributed by atoms with van der Waals surface area (Å²) in [6.45, 7) is 5.56. The van der Waals surface area contributed by atoms with Gasteiger partial charge in [-0.05, 0) is 48.9 Å². The molecule has 0 radical (unpaired) electrons. The predicted molar refractivity (Wildman–Crippen MR) is 84.3 cm³/mol. The van der Waals surface area contributed by atoms with Gasteiger partial charge in [-0.15, -0.1) is 0 Å². The normalized spacial score (nSPS) is 11.2. The van der Waals surface area contributed by atoms with Crippen LogP contribution >= 0.6 is 0 Å². The van der Waals surface area contributed by atoms with Crippen molar-refractivity contribution in [2.24, 2.45) is 0 Å². The molecule has 0 fully saturated rings. The van der Waals surface area contributed by atoms with Crippen LogP contribution in [0.2, 0.25) is 0 Å². The van der Waals surface area contributed by atoms with Crippen molar-refractivity contribution in [3.05, 3.63) is 66.1 Å². The fraction of sp³-hybridized carbons (Fsp3) is 0.188. The first kappa shape index (κ1) is 17.0. The first-order valence-corrected chi connectivity index (χ1v) is 8.30. The summed E-state index contributed by atoms with van der Waals surface area (Å²) in [4.78, 5) is 11.8. The van der Waals surface area contributed by atoms with Crippen LogP contribution in [0.25, 0.3) is 0 Å². The second-order valence-electron chi connectivity index (χ2n) is 4.96. The maximum atomic E-state index is 12.1. The predicted octanol–water partition coefficient (Wildman–Crippen LogP) is 2.49. The number of sulfonamides is 1. The number of rotatable bonds is 7. The van der Waals surface area contributed by atoms with E-state index in [0.29, 0.717) is 5.76 Å². The van der Waals surface area contributed by atoms with Gasteiger partial charge in [-0.1, -0.05) is 6.58 Å². The summed E-state index contributed by atoms with van der Waals surface area (Å²) >= 11 is 0. The molecule has 0 atom stereocenters. The minimum Gasteiger partial charge on any atom is -0.468 e. The molecule has 0 aliphatic carbocycles. The third-order valence-electron chi connectivity index (χ3n) is 2.87. The van der Waals surface area contributed by atoms with E-state index in [1.165, 1.54) is 30.5 Å². The summed E-state index contributed by atoms with van der Waals surface area (Å²) in [5, 5.41) is 0. The zero-order valence-corrected chi connectivity index (χ0v) is 13.4. The van der Waals surface area contributed by atoms with E-state index in [0.717, 1.165) is 5.57 Å². The molecule has 0 saturated heterocycles. The first-order chi connectivity index (χ1) is 10.9. The highest BCUT2D eigenvalue weighted by Crippen LogP contribution is 2.12. The van der Waals surface area contributed by atoms with E-state index in [-0.39, 0.29) is 23.6 Å². The number of esters is 1. The molecule has 122 valence electrons. The average molecular weight is 335 g/mol. The Morgan fingerprint density at radius 2 is 1.96 bits per heavy atom. The van der Waals surface area contributed by atoms with Crippen molar-refractivity contribution in [1.29, 1.82) is 0 Å². The maximum absolute atomic E-state index is 12.1. The fourth-order valence-corrected chi connectivity index (χ4v) is 2.70. The Labute approximate surface area is 134 Å². The molecular weight excluding hydrogens is 318 g/mol. The number of carbonyl (C=O) groups is 1. The Bertz CT molecular complexity index is 776. The van der Waals surface area contributed by atoms with E-state index in [9.17, 15) is 13.2 Å². The van der Waals surface area contributed by atoms with Crippen LogP contribution in [0.15, 0.2) is 64.1 Å². The van der Waals surface area contributed by atoms with Crippen LogP contribution in [0.1, 0.15) is 23.0 Å². The Kier molecular flexibility index (Phi) is 5.36. The topological polar surface area (TPSA) is 85.6 Å². The lowest BCUT2D eigenvalue weighted by atomic mass is 10.2. The van der Waals surface area contributed by atoms with Gasteiger partial charge in [0, 0.05) is 0 Å². The number of nitrogens with one attached hydrogen (secondary N) is 1. The second-order valence-corrected chi connectivity index (χ2v) is 6.73. The lowest BCUT2D eigenvalue weighted by Gasteiger charge is -2.07. The first-order valence-electron chi connectivity index (χ1n) is 6.82. The van der Waals surface area contributed by atoms with E-state index in [1.54, 1.807) is 19.1 Å². The number of ether oxygens (including phenoxy) is 1. The van der Waals surface area contributed by atoms with Crippen LogP contribution in [0.5, 0.6) is 0 Å². The van der Waals surface area contributed by atoms with E-state index >= 15 is 0 Å². The molecule has 2 rings (SSSR count). The second kappa shape index (κ2) is 7.26. The highest BCUT2D eigenvalue weighted by molar-refractivity contribution is 7.89.